The van der Waals surface area contributed by atoms with E-state index in [1.807, 2.05) is 6.92 Å². The molecule has 1 heterocycles. The van der Waals surface area contributed by atoms with Gasteiger partial charge in [0.25, 0.3) is 5.91 Å². The van der Waals surface area contributed by atoms with Gasteiger partial charge in [0.05, 0.1) is 25.0 Å². The van der Waals surface area contributed by atoms with Crippen LogP contribution in [0, 0.1) is 11.8 Å². The number of aliphatic hydroxyl groups is 1. The molecule has 44 heavy (non-hydrogen) atoms. The number of hydrogen-bond acceptors (Lipinski definition) is 10. The number of carbonyl (C=O) groups is 3. The quantitative estimate of drug-likeness (QED) is 0.167. The van der Waals surface area contributed by atoms with Crippen LogP contribution < -0.4 is 11.1 Å². The summed E-state index contributed by atoms with van der Waals surface area (Å²) in [6, 6.07) is 0. The number of halogens is 1. The molecule has 0 saturated heterocycles. The van der Waals surface area contributed by atoms with Crippen LogP contribution >= 0.6 is 0 Å². The van der Waals surface area contributed by atoms with E-state index in [-0.39, 0.29) is 47.3 Å². The molecule has 2 bridgehead atoms. The molecular weight excluding hydrogens is 577 g/mol. The number of ether oxygens (including phenoxy) is 4. The summed E-state index contributed by atoms with van der Waals surface area (Å²) in [6.45, 7) is 5.87. The van der Waals surface area contributed by atoms with Gasteiger partial charge in [0.15, 0.2) is 11.9 Å². The van der Waals surface area contributed by atoms with Crippen LogP contribution in [-0.4, -0.2) is 87.6 Å². The number of hydrogen-bond donors (Lipinski definition) is 3. The predicted molar refractivity (Wildman–Crippen MR) is 161 cm³/mol. The molecule has 0 spiro atoms. The summed E-state index contributed by atoms with van der Waals surface area (Å²) in [5.74, 6) is -1.61. The Morgan fingerprint density at radius 2 is 1.89 bits per heavy atom. The molecule has 244 valence electrons. The third kappa shape index (κ3) is 9.86. The van der Waals surface area contributed by atoms with Crippen molar-refractivity contribution >= 4 is 23.5 Å². The number of allylic oxidation sites excluding steroid dienone is 4. The number of nitrogens with one attached hydrogen (secondary N) is 1. The predicted octanol–water partition coefficient (Wildman–Crippen LogP) is 3.18. The summed E-state index contributed by atoms with van der Waals surface area (Å²) in [7, 11) is 4.28. The van der Waals surface area contributed by atoms with E-state index < -0.39 is 54.8 Å². The number of fused-ring (bicyclic) bond motifs is 2. The summed E-state index contributed by atoms with van der Waals surface area (Å²) in [6.07, 6.45) is 3.86. The zero-order valence-electron chi connectivity index (χ0n) is 26.3. The summed E-state index contributed by atoms with van der Waals surface area (Å²) < 4.78 is 34.8. The first-order valence-corrected chi connectivity index (χ1v) is 14.2. The van der Waals surface area contributed by atoms with E-state index in [1.165, 1.54) is 33.5 Å². The Kier molecular flexibility index (Phi) is 14.4. The van der Waals surface area contributed by atoms with Crippen LogP contribution in [0.1, 0.15) is 40.5 Å². The number of rotatable bonds is 7. The summed E-state index contributed by atoms with van der Waals surface area (Å²) in [5, 5.41) is 17.8. The van der Waals surface area contributed by atoms with E-state index in [1.54, 1.807) is 39.0 Å². The van der Waals surface area contributed by atoms with Crippen LogP contribution in [0.5, 0.6) is 0 Å². The number of amides is 2. The van der Waals surface area contributed by atoms with Crippen molar-refractivity contribution in [3.05, 3.63) is 58.6 Å². The normalized spacial score (nSPS) is 31.7. The molecule has 1 aliphatic carbocycles. The van der Waals surface area contributed by atoms with Crippen LogP contribution in [0.25, 0.3) is 0 Å². The Hall–Kier alpha value is -3.81. The number of nitrogens with two attached hydrogens (primary N) is 1. The average molecular weight is 622 g/mol. The minimum atomic E-state index is -1.01. The second kappa shape index (κ2) is 17.5. The van der Waals surface area contributed by atoms with Gasteiger partial charge in [-0.15, -0.1) is 0 Å². The Balaban J connectivity index is 2.67. The summed E-state index contributed by atoms with van der Waals surface area (Å²) >= 11 is 0. The van der Waals surface area contributed by atoms with Gasteiger partial charge in [0.1, 0.15) is 25.1 Å². The van der Waals surface area contributed by atoms with Crippen LogP contribution in [0.4, 0.5) is 9.18 Å². The highest BCUT2D eigenvalue weighted by molar-refractivity contribution is 6.24. The third-order valence-corrected chi connectivity index (χ3v) is 7.29. The maximum atomic E-state index is 13.7. The van der Waals surface area contributed by atoms with Crippen LogP contribution in [0.15, 0.2) is 63.7 Å². The molecule has 2 amide bonds. The molecule has 1 aliphatic heterocycles. The molecule has 12 nitrogen and oxygen atoms in total. The van der Waals surface area contributed by atoms with Crippen molar-refractivity contribution < 1.29 is 47.7 Å². The first-order chi connectivity index (χ1) is 20.9. The SMILES string of the molecule is COC1=C2C[C@@H](C)C[C@H](OC)[C@H](O)[C@@H](C)/C=C(\C)[C@H](OC(N)=O)[C@@H](OC)/C=C\C=C(/C)C(=O)NC(=C/C1=N\OCCF)C2=O. The molecule has 0 unspecified atom stereocenters. The molecule has 0 aromatic carbocycles. The first kappa shape index (κ1) is 36.4. The second-order valence-electron chi connectivity index (χ2n) is 10.7. The lowest BCUT2D eigenvalue weighted by Crippen LogP contribution is -2.37. The van der Waals surface area contributed by atoms with E-state index >= 15 is 0 Å². The van der Waals surface area contributed by atoms with Crippen molar-refractivity contribution in [3.63, 3.8) is 0 Å². The van der Waals surface area contributed by atoms with Crippen molar-refractivity contribution in [3.8, 4) is 0 Å². The van der Waals surface area contributed by atoms with E-state index in [0.717, 1.165) is 0 Å². The van der Waals surface area contributed by atoms with Crippen LogP contribution in [-0.2, 0) is 33.4 Å². The first-order valence-electron chi connectivity index (χ1n) is 14.2. The molecule has 2 aliphatic rings. The van der Waals surface area contributed by atoms with Crippen molar-refractivity contribution in [2.45, 2.75) is 65.0 Å². The zero-order chi connectivity index (χ0) is 33.0. The van der Waals surface area contributed by atoms with Crippen molar-refractivity contribution in [2.24, 2.45) is 22.7 Å². The molecule has 0 fully saturated rings. The Morgan fingerprint density at radius 3 is 2.48 bits per heavy atom. The Morgan fingerprint density at radius 1 is 1.18 bits per heavy atom. The highest BCUT2D eigenvalue weighted by Gasteiger charge is 2.33. The molecule has 0 aromatic heterocycles. The molecule has 4 N–H and O–H groups in total. The average Bonchev–Trinajstić information content (AvgIpc) is 2.98. The van der Waals surface area contributed by atoms with Gasteiger partial charge >= 0.3 is 6.09 Å². The maximum absolute atomic E-state index is 13.7. The number of aliphatic hydroxyl groups excluding tert-OH is 1. The van der Waals surface area contributed by atoms with Crippen molar-refractivity contribution in [1.82, 2.24) is 5.32 Å². The van der Waals surface area contributed by atoms with E-state index in [4.69, 9.17) is 29.5 Å². The van der Waals surface area contributed by atoms with E-state index in [0.29, 0.717) is 12.0 Å². The highest BCUT2D eigenvalue weighted by Crippen LogP contribution is 2.30. The molecule has 0 saturated carbocycles. The zero-order valence-corrected chi connectivity index (χ0v) is 26.3. The van der Waals surface area contributed by atoms with Gasteiger partial charge in [0, 0.05) is 31.3 Å². The fourth-order valence-electron chi connectivity index (χ4n) is 5.02. The number of primary amides is 1. The standard InChI is InChI=1S/C31H44FN3O9/c1-17-13-21-27(37)22(16-23(29(21)42-7)35-43-12-11-32)34-30(38)18(2)9-8-10-24(40-5)28(44-31(33)39)20(4)15-19(3)26(36)25(14-17)41-6/h8-10,15-17,19,24-26,28,36H,11-14H2,1-7H3,(H2,33,39)(H,34,38)/b10-8-,18-9+,20-15+,35-23+/t17-,19+,24+,25+,26-,28+/m1/s1. The number of ketones is 1. The molecule has 6 atom stereocenters. The number of alkyl halides is 1. The highest BCUT2D eigenvalue weighted by atomic mass is 19.1. The van der Waals surface area contributed by atoms with Gasteiger partial charge in [-0.2, -0.15) is 0 Å². The number of Topliss-reactive ketones (excluding diaryl/α,β-unsaturated/α-hetero) is 1. The molecular formula is C31H44FN3O9. The van der Waals surface area contributed by atoms with Crippen LogP contribution in [0.2, 0.25) is 0 Å². The Bertz CT molecular complexity index is 1240. The number of oxime groups is 1. The van der Waals surface area contributed by atoms with Gasteiger partial charge in [0.2, 0.25) is 5.78 Å². The summed E-state index contributed by atoms with van der Waals surface area (Å²) in [4.78, 5) is 43.5. The number of nitrogens with zero attached hydrogens (tertiary/aromatic N) is 1. The van der Waals surface area contributed by atoms with E-state index in [9.17, 15) is 23.9 Å². The monoisotopic (exact) mass is 621 g/mol. The van der Waals surface area contributed by atoms with Gasteiger partial charge in [-0.1, -0.05) is 43.3 Å². The Labute approximate surface area is 257 Å². The largest absolute Gasteiger partial charge is 0.494 e. The second-order valence-corrected chi connectivity index (χ2v) is 10.7. The minimum absolute atomic E-state index is 0.0725. The third-order valence-electron chi connectivity index (χ3n) is 7.29. The topological polar surface area (TPSA) is 168 Å². The minimum Gasteiger partial charge on any atom is -0.494 e. The lowest BCUT2D eigenvalue weighted by Gasteiger charge is -2.30. The van der Waals surface area contributed by atoms with Gasteiger partial charge in [-0.05, 0) is 44.3 Å². The van der Waals surface area contributed by atoms with Crippen molar-refractivity contribution in [1.29, 1.82) is 0 Å². The molecule has 2 rings (SSSR count). The maximum Gasteiger partial charge on any atom is 0.405 e. The van der Waals surface area contributed by atoms with Gasteiger partial charge < -0.3 is 39.9 Å². The molecule has 0 radical (unpaired) electrons. The molecule has 13 heteroatoms. The van der Waals surface area contributed by atoms with E-state index in [2.05, 4.69) is 10.5 Å². The lowest BCUT2D eigenvalue weighted by molar-refractivity contribution is -0.119. The van der Waals surface area contributed by atoms with Gasteiger partial charge in [-0.25, -0.2) is 9.18 Å². The fraction of sp³-hybridized carbons (Fsp3) is 0.548. The smallest absolute Gasteiger partial charge is 0.405 e. The van der Waals surface area contributed by atoms with Gasteiger partial charge in [-0.3, -0.25) is 9.59 Å². The fourth-order valence-corrected chi connectivity index (χ4v) is 5.02. The van der Waals surface area contributed by atoms with Crippen LogP contribution in [0.3, 0.4) is 0 Å². The summed E-state index contributed by atoms with van der Waals surface area (Å²) in [5.41, 5.74) is 6.42. The van der Waals surface area contributed by atoms with Crippen molar-refractivity contribution in [2.75, 3.05) is 34.6 Å². The lowest BCUT2D eigenvalue weighted by atomic mass is 9.85. The number of carbonyl (C=O) groups excluding carboxylic acids is 3. The molecule has 0 aromatic rings. The number of methoxy groups -OCH3 is 3.